The van der Waals surface area contributed by atoms with E-state index in [1.54, 1.807) is 6.07 Å². The summed E-state index contributed by atoms with van der Waals surface area (Å²) < 4.78 is 24.1. The molecule has 3 saturated heterocycles. The maximum absolute atomic E-state index is 12.3. The second kappa shape index (κ2) is 15.1. The molecule has 0 aliphatic carbocycles. The maximum Gasteiger partial charge on any atom is 0.316 e. The molecule has 3 aliphatic rings. The Labute approximate surface area is 294 Å². The molecule has 0 bridgehead atoms. The Balaban J connectivity index is 1.05. The molecule has 0 spiro atoms. The third kappa shape index (κ3) is 7.41. The normalized spacial score (nSPS) is 23.1. The Bertz CT molecular complexity index is 1460. The van der Waals surface area contributed by atoms with Crippen LogP contribution in [0.5, 0.6) is 5.88 Å². The Morgan fingerprint density at radius 1 is 0.980 bits per heavy atom. The molecular weight excluding hydrogens is 631 g/mol. The van der Waals surface area contributed by atoms with Gasteiger partial charge in [-0.2, -0.15) is 0 Å². The number of carbonyl (C=O) groups is 1. The molecule has 0 saturated carbocycles. The Hall–Kier alpha value is -2.98. The number of aromatic nitrogens is 1. The van der Waals surface area contributed by atoms with Crippen molar-refractivity contribution in [3.05, 3.63) is 72.5 Å². The van der Waals surface area contributed by atoms with E-state index in [1.807, 2.05) is 13.8 Å². The molecule has 2 aromatic carbocycles. The molecule has 3 aromatic rings. The first-order valence-electron chi connectivity index (χ1n) is 18.5. The first-order valence-corrected chi connectivity index (χ1v) is 20.4. The first kappa shape index (κ1) is 35.8. The SMILES string of the molecule is COC(=O)C(c1cc(OCC2CCN(C[C@@H]3CC[C@]4(CO[Si](c5ccccc5)(c5ccccc5)C(C)(C)C)CCCN34)CC2)no1)C(C)C. The van der Waals surface area contributed by atoms with Crippen LogP contribution in [0.3, 0.4) is 0 Å². The van der Waals surface area contributed by atoms with Gasteiger partial charge < -0.3 is 23.3 Å². The molecule has 0 N–H and O–H groups in total. The molecule has 3 atom stereocenters. The van der Waals surface area contributed by atoms with Crippen LogP contribution >= 0.6 is 0 Å². The zero-order valence-corrected chi connectivity index (χ0v) is 31.5. The van der Waals surface area contributed by atoms with Gasteiger partial charge in [-0.3, -0.25) is 9.69 Å². The number of nitrogens with zero attached hydrogens (tertiary/aromatic N) is 3. The number of fused-ring (bicyclic) bond motifs is 1. The highest BCUT2D eigenvalue weighted by Gasteiger charge is 2.55. The lowest BCUT2D eigenvalue weighted by Gasteiger charge is -2.46. The third-order valence-electron chi connectivity index (χ3n) is 11.6. The summed E-state index contributed by atoms with van der Waals surface area (Å²) in [6.45, 7) is 17.0. The summed E-state index contributed by atoms with van der Waals surface area (Å²) in [5.41, 5.74) is 0.128. The number of carbonyl (C=O) groups excluding carboxylic acids is 1. The van der Waals surface area contributed by atoms with E-state index in [0.717, 1.165) is 39.1 Å². The fourth-order valence-electron chi connectivity index (χ4n) is 8.98. The molecule has 6 rings (SSSR count). The number of hydrogen-bond acceptors (Lipinski definition) is 8. The number of benzene rings is 2. The fourth-order valence-corrected chi connectivity index (χ4v) is 13.6. The van der Waals surface area contributed by atoms with Crippen molar-refractivity contribution in [3.63, 3.8) is 0 Å². The topological polar surface area (TPSA) is 77.3 Å². The van der Waals surface area contributed by atoms with Crippen molar-refractivity contribution in [2.24, 2.45) is 11.8 Å². The van der Waals surface area contributed by atoms with Gasteiger partial charge in [0, 0.05) is 24.2 Å². The number of methoxy groups -OCH3 is 1. The molecule has 3 aliphatic heterocycles. The van der Waals surface area contributed by atoms with Gasteiger partial charge in [-0.05, 0) is 90.6 Å². The Kier molecular flexibility index (Phi) is 11.0. The van der Waals surface area contributed by atoms with E-state index in [4.69, 9.17) is 18.4 Å². The minimum Gasteiger partial charge on any atom is -0.475 e. The minimum absolute atomic E-state index is 0.0165. The van der Waals surface area contributed by atoms with Crippen LogP contribution in [0.15, 0.2) is 71.3 Å². The van der Waals surface area contributed by atoms with Gasteiger partial charge in [-0.15, -0.1) is 0 Å². The zero-order valence-electron chi connectivity index (χ0n) is 30.5. The van der Waals surface area contributed by atoms with Crippen LogP contribution in [0.25, 0.3) is 0 Å². The van der Waals surface area contributed by atoms with E-state index in [-0.39, 0.29) is 22.5 Å². The van der Waals surface area contributed by atoms with E-state index in [9.17, 15) is 4.79 Å². The van der Waals surface area contributed by atoms with Crippen molar-refractivity contribution < 1.29 is 23.2 Å². The second-order valence-electron chi connectivity index (χ2n) is 16.0. The molecule has 0 amide bonds. The van der Waals surface area contributed by atoms with Crippen molar-refractivity contribution >= 4 is 24.7 Å². The van der Waals surface area contributed by atoms with Crippen LogP contribution in [0.1, 0.15) is 84.8 Å². The average Bonchev–Trinajstić information content (AvgIpc) is 3.82. The predicted molar refractivity (Wildman–Crippen MR) is 196 cm³/mol. The smallest absolute Gasteiger partial charge is 0.316 e. The molecule has 266 valence electrons. The average molecular weight is 688 g/mol. The molecule has 0 radical (unpaired) electrons. The van der Waals surface area contributed by atoms with E-state index in [1.165, 1.54) is 49.7 Å². The van der Waals surface area contributed by atoms with Crippen molar-refractivity contribution in [2.75, 3.05) is 46.5 Å². The summed E-state index contributed by atoms with van der Waals surface area (Å²) >= 11 is 0. The van der Waals surface area contributed by atoms with Crippen LogP contribution in [-0.4, -0.2) is 87.3 Å². The van der Waals surface area contributed by atoms with E-state index in [2.05, 4.69) is 96.4 Å². The van der Waals surface area contributed by atoms with Gasteiger partial charge in [0.05, 0.1) is 20.3 Å². The third-order valence-corrected chi connectivity index (χ3v) is 16.6. The summed E-state index contributed by atoms with van der Waals surface area (Å²) in [6, 6.07) is 24.5. The number of piperidine rings is 1. The van der Waals surface area contributed by atoms with Gasteiger partial charge in [-0.25, -0.2) is 0 Å². The summed E-state index contributed by atoms with van der Waals surface area (Å²) in [4.78, 5) is 17.8. The summed E-state index contributed by atoms with van der Waals surface area (Å²) in [5.74, 6) is 0.669. The molecule has 49 heavy (non-hydrogen) atoms. The monoisotopic (exact) mass is 687 g/mol. The lowest BCUT2D eigenvalue weighted by molar-refractivity contribution is -0.144. The zero-order chi connectivity index (χ0) is 34.6. The first-order chi connectivity index (χ1) is 23.6. The number of hydrogen-bond donors (Lipinski definition) is 0. The summed E-state index contributed by atoms with van der Waals surface area (Å²) in [5, 5.41) is 6.80. The molecule has 1 aromatic heterocycles. The van der Waals surface area contributed by atoms with E-state index in [0.29, 0.717) is 30.2 Å². The summed E-state index contributed by atoms with van der Waals surface area (Å²) in [7, 11) is -1.18. The highest BCUT2D eigenvalue weighted by molar-refractivity contribution is 6.99. The lowest BCUT2D eigenvalue weighted by Crippen LogP contribution is -2.68. The Morgan fingerprint density at radius 3 is 2.22 bits per heavy atom. The molecule has 4 heterocycles. The second-order valence-corrected chi connectivity index (χ2v) is 20.3. The number of ether oxygens (including phenoxy) is 2. The molecular formula is C40H57N3O5Si. The van der Waals surface area contributed by atoms with Crippen LogP contribution in [0.4, 0.5) is 0 Å². The molecule has 1 unspecified atom stereocenters. The largest absolute Gasteiger partial charge is 0.475 e. The van der Waals surface area contributed by atoms with Gasteiger partial charge in [0.15, 0.2) is 5.76 Å². The minimum atomic E-state index is -2.58. The molecule has 3 fully saturated rings. The van der Waals surface area contributed by atoms with Crippen molar-refractivity contribution in [2.45, 2.75) is 95.7 Å². The van der Waals surface area contributed by atoms with Gasteiger partial charge in [-0.1, -0.05) is 95.3 Å². The highest BCUT2D eigenvalue weighted by Crippen LogP contribution is 2.45. The highest BCUT2D eigenvalue weighted by atomic mass is 28.4. The van der Waals surface area contributed by atoms with Crippen LogP contribution < -0.4 is 15.1 Å². The van der Waals surface area contributed by atoms with Crippen LogP contribution in [0, 0.1) is 11.8 Å². The lowest BCUT2D eigenvalue weighted by atomic mass is 9.93. The van der Waals surface area contributed by atoms with E-state index < -0.39 is 14.2 Å². The van der Waals surface area contributed by atoms with Gasteiger partial charge in [0.2, 0.25) is 0 Å². The number of likely N-dealkylation sites (tertiary alicyclic amines) is 1. The maximum atomic E-state index is 12.3. The standard InChI is InChI=1S/C40H57N3O5Si/c1-30(2)37(38(44)45-6)35-26-36(41-48-35)46-28-31-19-24-42(25-20-31)27-32-18-22-40(21-13-23-43(32)40)29-47-49(39(3,4)5,33-14-9-7-10-15-33)34-16-11-8-12-17-34/h7-12,14-17,26,30-32,37H,13,18-25,27-29H2,1-6H3/t32-,37?,40-/m0/s1. The quantitative estimate of drug-likeness (QED) is 0.154. The van der Waals surface area contributed by atoms with Crippen LogP contribution in [0.2, 0.25) is 5.04 Å². The summed E-state index contributed by atoms with van der Waals surface area (Å²) in [6.07, 6.45) is 7.15. The van der Waals surface area contributed by atoms with Crippen molar-refractivity contribution in [3.8, 4) is 5.88 Å². The van der Waals surface area contributed by atoms with Gasteiger partial charge >= 0.3 is 5.97 Å². The van der Waals surface area contributed by atoms with Gasteiger partial charge in [0.1, 0.15) is 5.92 Å². The predicted octanol–water partition coefficient (Wildman–Crippen LogP) is 6.25. The Morgan fingerprint density at radius 2 is 1.63 bits per heavy atom. The molecule has 8 nitrogen and oxygen atoms in total. The van der Waals surface area contributed by atoms with E-state index >= 15 is 0 Å². The van der Waals surface area contributed by atoms with Crippen molar-refractivity contribution in [1.29, 1.82) is 0 Å². The number of esters is 1. The van der Waals surface area contributed by atoms with Crippen LogP contribution in [-0.2, 0) is 14.0 Å². The number of rotatable bonds is 13. The van der Waals surface area contributed by atoms with Gasteiger partial charge in [0.25, 0.3) is 14.2 Å². The fraction of sp³-hybridized carbons (Fsp3) is 0.600. The molecule has 9 heteroatoms. The van der Waals surface area contributed by atoms with Crippen molar-refractivity contribution in [1.82, 2.24) is 15.0 Å².